The lowest BCUT2D eigenvalue weighted by atomic mass is 9.67. The minimum atomic E-state index is 0.401. The van der Waals surface area contributed by atoms with Crippen molar-refractivity contribution in [2.75, 3.05) is 13.1 Å². The zero-order valence-electron chi connectivity index (χ0n) is 15.1. The van der Waals surface area contributed by atoms with Crippen molar-refractivity contribution in [3.63, 3.8) is 0 Å². The molecular formula is C19H38N2. The van der Waals surface area contributed by atoms with E-state index in [9.17, 15) is 0 Å². The van der Waals surface area contributed by atoms with Crippen molar-refractivity contribution in [2.45, 2.75) is 91.6 Å². The number of rotatable bonds is 5. The maximum atomic E-state index is 6.54. The summed E-state index contributed by atoms with van der Waals surface area (Å²) in [4.78, 5) is 2.76. The van der Waals surface area contributed by atoms with Crippen molar-refractivity contribution in [3.05, 3.63) is 0 Å². The van der Waals surface area contributed by atoms with Crippen LogP contribution in [0.25, 0.3) is 0 Å². The Bertz CT molecular complexity index is 332. The predicted molar refractivity (Wildman–Crippen MR) is 92.4 cm³/mol. The highest BCUT2D eigenvalue weighted by atomic mass is 15.2. The first kappa shape index (κ1) is 17.3. The van der Waals surface area contributed by atoms with E-state index < -0.39 is 0 Å². The Balaban J connectivity index is 2.05. The van der Waals surface area contributed by atoms with Gasteiger partial charge < -0.3 is 5.73 Å². The molecule has 21 heavy (non-hydrogen) atoms. The van der Waals surface area contributed by atoms with Gasteiger partial charge in [-0.05, 0) is 61.8 Å². The summed E-state index contributed by atoms with van der Waals surface area (Å²) in [5, 5.41) is 0. The molecule has 124 valence electrons. The van der Waals surface area contributed by atoms with Crippen molar-refractivity contribution in [1.29, 1.82) is 0 Å². The molecule has 1 saturated heterocycles. The highest BCUT2D eigenvalue weighted by Gasteiger charge is 2.43. The molecule has 3 unspecified atom stereocenters. The fourth-order valence-electron chi connectivity index (χ4n) is 4.67. The summed E-state index contributed by atoms with van der Waals surface area (Å²) in [6.45, 7) is 14.6. The van der Waals surface area contributed by atoms with Crippen molar-refractivity contribution >= 4 is 0 Å². The molecule has 3 atom stereocenters. The van der Waals surface area contributed by atoms with Crippen LogP contribution in [0.1, 0.15) is 79.6 Å². The molecule has 0 aromatic heterocycles. The van der Waals surface area contributed by atoms with Gasteiger partial charge in [0.05, 0.1) is 0 Å². The lowest BCUT2D eigenvalue weighted by Gasteiger charge is -2.45. The maximum absolute atomic E-state index is 6.54. The number of hydrogen-bond acceptors (Lipinski definition) is 2. The first-order valence-electron chi connectivity index (χ1n) is 9.37. The zero-order chi connectivity index (χ0) is 15.7. The van der Waals surface area contributed by atoms with Crippen LogP contribution in [0.4, 0.5) is 0 Å². The van der Waals surface area contributed by atoms with Crippen LogP contribution in [0, 0.1) is 16.7 Å². The van der Waals surface area contributed by atoms with Crippen molar-refractivity contribution in [1.82, 2.24) is 4.90 Å². The van der Waals surface area contributed by atoms with E-state index in [1.807, 2.05) is 0 Å². The molecule has 1 saturated carbocycles. The molecule has 2 aliphatic rings. The van der Waals surface area contributed by atoms with Gasteiger partial charge in [0.1, 0.15) is 0 Å². The van der Waals surface area contributed by atoms with Crippen molar-refractivity contribution in [2.24, 2.45) is 22.5 Å². The first-order valence-corrected chi connectivity index (χ1v) is 9.37. The van der Waals surface area contributed by atoms with Crippen LogP contribution in [0.2, 0.25) is 0 Å². The molecule has 0 spiro atoms. The fraction of sp³-hybridized carbons (Fsp3) is 1.00. The van der Waals surface area contributed by atoms with Gasteiger partial charge in [0.2, 0.25) is 0 Å². The monoisotopic (exact) mass is 294 g/mol. The third-order valence-corrected chi connectivity index (χ3v) is 7.32. The van der Waals surface area contributed by atoms with Crippen LogP contribution in [-0.2, 0) is 0 Å². The van der Waals surface area contributed by atoms with Crippen LogP contribution in [0.5, 0.6) is 0 Å². The number of likely N-dealkylation sites (tertiary alicyclic amines) is 1. The molecule has 0 aromatic carbocycles. The summed E-state index contributed by atoms with van der Waals surface area (Å²) in [6.07, 6.45) is 9.20. The average Bonchev–Trinajstić information content (AvgIpc) is 2.92. The van der Waals surface area contributed by atoms with E-state index in [0.29, 0.717) is 22.9 Å². The molecule has 1 heterocycles. The van der Waals surface area contributed by atoms with Gasteiger partial charge in [-0.3, -0.25) is 4.90 Å². The normalized spacial score (nSPS) is 34.3. The largest absolute Gasteiger partial charge is 0.326 e. The fourth-order valence-corrected chi connectivity index (χ4v) is 4.67. The minimum Gasteiger partial charge on any atom is -0.326 e. The van der Waals surface area contributed by atoms with Crippen molar-refractivity contribution in [3.8, 4) is 0 Å². The van der Waals surface area contributed by atoms with Gasteiger partial charge in [-0.25, -0.2) is 0 Å². The van der Waals surface area contributed by atoms with Gasteiger partial charge in [-0.1, -0.05) is 41.0 Å². The first-order chi connectivity index (χ1) is 9.87. The number of nitrogens with zero attached hydrogens (tertiary/aromatic N) is 1. The Morgan fingerprint density at radius 2 is 1.81 bits per heavy atom. The Labute approximate surface area is 132 Å². The van der Waals surface area contributed by atoms with Crippen LogP contribution in [-0.4, -0.2) is 30.1 Å². The molecule has 2 heteroatoms. The van der Waals surface area contributed by atoms with Gasteiger partial charge in [-0.15, -0.1) is 0 Å². The second-order valence-corrected chi connectivity index (χ2v) is 8.51. The summed E-state index contributed by atoms with van der Waals surface area (Å²) in [6, 6.07) is 1.04. The molecular weight excluding hydrogens is 256 g/mol. The number of nitrogens with two attached hydrogens (primary N) is 1. The highest BCUT2D eigenvalue weighted by Crippen LogP contribution is 2.44. The molecule has 1 aliphatic carbocycles. The van der Waals surface area contributed by atoms with E-state index in [0.717, 1.165) is 5.92 Å². The van der Waals surface area contributed by atoms with Gasteiger partial charge >= 0.3 is 0 Å². The molecule has 0 amide bonds. The summed E-state index contributed by atoms with van der Waals surface area (Å²) in [5.74, 6) is 0.852. The van der Waals surface area contributed by atoms with Gasteiger partial charge in [0.25, 0.3) is 0 Å². The zero-order valence-corrected chi connectivity index (χ0v) is 15.1. The van der Waals surface area contributed by atoms with Crippen LogP contribution < -0.4 is 5.73 Å². The predicted octanol–water partition coefficient (Wildman–Crippen LogP) is 4.43. The van der Waals surface area contributed by atoms with Gasteiger partial charge in [0.15, 0.2) is 0 Å². The Morgan fingerprint density at radius 3 is 2.33 bits per heavy atom. The van der Waals surface area contributed by atoms with E-state index in [4.69, 9.17) is 5.73 Å². The van der Waals surface area contributed by atoms with Crippen LogP contribution in [0.3, 0.4) is 0 Å². The Morgan fingerprint density at radius 1 is 1.14 bits per heavy atom. The molecule has 2 N–H and O–H groups in total. The third kappa shape index (κ3) is 3.47. The van der Waals surface area contributed by atoms with Gasteiger partial charge in [0, 0.05) is 18.6 Å². The second kappa shape index (κ2) is 6.58. The second-order valence-electron chi connectivity index (χ2n) is 8.51. The SMILES string of the molecule is CCC1(CC)CCN(C2CC(C(C)(C)CC)CCC2N)C1. The molecule has 2 fully saturated rings. The van der Waals surface area contributed by atoms with Crippen LogP contribution >= 0.6 is 0 Å². The summed E-state index contributed by atoms with van der Waals surface area (Å²) >= 11 is 0. The van der Waals surface area contributed by atoms with E-state index in [-0.39, 0.29) is 0 Å². The molecule has 2 nitrogen and oxygen atoms in total. The molecule has 1 aliphatic heterocycles. The highest BCUT2D eigenvalue weighted by molar-refractivity contribution is 4.98. The maximum Gasteiger partial charge on any atom is 0.0250 e. The molecule has 0 aromatic rings. The quantitative estimate of drug-likeness (QED) is 0.812. The molecule has 0 radical (unpaired) electrons. The lowest BCUT2D eigenvalue weighted by Crippen LogP contribution is -2.52. The van der Waals surface area contributed by atoms with Crippen LogP contribution in [0.15, 0.2) is 0 Å². The standard InChI is InChI=1S/C19H38N2/c1-6-18(4,5)15-9-10-16(20)17(13-15)21-12-11-19(7-2,8-3)14-21/h15-17H,6-14,20H2,1-5H3. The van der Waals surface area contributed by atoms with Crippen molar-refractivity contribution < 1.29 is 0 Å². The molecule has 2 rings (SSSR count). The lowest BCUT2D eigenvalue weighted by molar-refractivity contribution is 0.0649. The Kier molecular flexibility index (Phi) is 5.41. The van der Waals surface area contributed by atoms with E-state index >= 15 is 0 Å². The number of hydrogen-bond donors (Lipinski definition) is 1. The Hall–Kier alpha value is -0.0800. The summed E-state index contributed by atoms with van der Waals surface area (Å²) in [5.41, 5.74) is 7.59. The van der Waals surface area contributed by atoms with E-state index in [1.54, 1.807) is 0 Å². The smallest absolute Gasteiger partial charge is 0.0250 e. The minimum absolute atomic E-state index is 0.401. The van der Waals surface area contributed by atoms with E-state index in [2.05, 4.69) is 39.5 Å². The van der Waals surface area contributed by atoms with Gasteiger partial charge in [-0.2, -0.15) is 0 Å². The summed E-state index contributed by atoms with van der Waals surface area (Å²) in [7, 11) is 0. The summed E-state index contributed by atoms with van der Waals surface area (Å²) < 4.78 is 0. The topological polar surface area (TPSA) is 29.3 Å². The average molecular weight is 295 g/mol. The third-order valence-electron chi connectivity index (χ3n) is 7.32. The van der Waals surface area contributed by atoms with E-state index in [1.165, 1.54) is 58.0 Å². The molecule has 0 bridgehead atoms.